The SMILES string of the molecule is CC=CC(=O)OCCCCCCCCCC[P+](=O)OCC[N+](C)(C)C. The van der Waals surface area contributed by atoms with Crippen LogP contribution in [0, 0.1) is 0 Å². The van der Waals surface area contributed by atoms with Crippen LogP contribution in [0.25, 0.3) is 0 Å². The molecule has 0 N–H and O–H groups in total. The molecular weight excluding hydrogens is 337 g/mol. The molecule has 0 fully saturated rings. The minimum Gasteiger partial charge on any atom is -0.463 e. The van der Waals surface area contributed by atoms with Crippen LogP contribution in [0.2, 0.25) is 0 Å². The molecule has 0 aromatic rings. The third-order valence-electron chi connectivity index (χ3n) is 3.78. The fourth-order valence-electron chi connectivity index (χ4n) is 2.24. The van der Waals surface area contributed by atoms with Crippen molar-refractivity contribution in [1.82, 2.24) is 0 Å². The molecule has 0 aromatic heterocycles. The van der Waals surface area contributed by atoms with Crippen molar-refractivity contribution in [2.45, 2.75) is 58.3 Å². The molecule has 6 heteroatoms. The highest BCUT2D eigenvalue weighted by Gasteiger charge is 2.18. The zero-order chi connectivity index (χ0) is 19.0. The van der Waals surface area contributed by atoms with Gasteiger partial charge in [-0.2, -0.15) is 0 Å². The quantitative estimate of drug-likeness (QED) is 0.129. The number of likely N-dealkylation sites (N-methyl/N-ethyl adjacent to an activating group) is 1. The van der Waals surface area contributed by atoms with Gasteiger partial charge >= 0.3 is 14.0 Å². The van der Waals surface area contributed by atoms with Crippen molar-refractivity contribution in [1.29, 1.82) is 0 Å². The number of ether oxygens (including phenoxy) is 1. The number of rotatable bonds is 16. The molecule has 1 atom stereocenters. The molecule has 0 saturated heterocycles. The molecule has 0 heterocycles. The van der Waals surface area contributed by atoms with E-state index in [0.717, 1.165) is 36.7 Å². The van der Waals surface area contributed by atoms with Crippen molar-refractivity contribution in [2.24, 2.45) is 0 Å². The van der Waals surface area contributed by atoms with E-state index in [1.807, 2.05) is 0 Å². The molecule has 0 bridgehead atoms. The lowest BCUT2D eigenvalue weighted by Gasteiger charge is -2.21. The van der Waals surface area contributed by atoms with Crippen molar-refractivity contribution in [3.8, 4) is 0 Å². The molecule has 0 rings (SSSR count). The summed E-state index contributed by atoms with van der Waals surface area (Å²) in [5, 5.41) is 0. The van der Waals surface area contributed by atoms with Crippen molar-refractivity contribution in [3.63, 3.8) is 0 Å². The maximum absolute atomic E-state index is 11.7. The molecule has 146 valence electrons. The highest BCUT2D eigenvalue weighted by molar-refractivity contribution is 7.39. The van der Waals surface area contributed by atoms with Crippen molar-refractivity contribution >= 4 is 14.0 Å². The molecule has 1 unspecified atom stereocenters. The first-order valence-electron chi connectivity index (χ1n) is 9.52. The molecule has 0 aliphatic carbocycles. The van der Waals surface area contributed by atoms with Gasteiger partial charge in [-0.25, -0.2) is 4.79 Å². The van der Waals surface area contributed by atoms with Gasteiger partial charge in [0.1, 0.15) is 6.54 Å². The summed E-state index contributed by atoms with van der Waals surface area (Å²) in [6, 6.07) is 0. The number of hydrogen-bond donors (Lipinski definition) is 0. The molecular formula is C19H38NO4P+2. The van der Waals surface area contributed by atoms with E-state index in [1.54, 1.807) is 13.0 Å². The normalized spacial score (nSPS) is 12.6. The van der Waals surface area contributed by atoms with E-state index in [1.165, 1.54) is 31.8 Å². The van der Waals surface area contributed by atoms with Crippen LogP contribution in [0.3, 0.4) is 0 Å². The van der Waals surface area contributed by atoms with E-state index in [-0.39, 0.29) is 5.97 Å². The average Bonchev–Trinajstić information content (AvgIpc) is 2.51. The number of carbonyl (C=O) groups is 1. The zero-order valence-electron chi connectivity index (χ0n) is 16.7. The summed E-state index contributed by atoms with van der Waals surface area (Å²) in [7, 11) is 4.83. The highest BCUT2D eigenvalue weighted by Crippen LogP contribution is 2.24. The summed E-state index contributed by atoms with van der Waals surface area (Å²) in [6.07, 6.45) is 12.8. The molecule has 0 spiro atoms. The Kier molecular flexibility index (Phi) is 15.0. The second-order valence-electron chi connectivity index (χ2n) is 7.40. The van der Waals surface area contributed by atoms with E-state index < -0.39 is 8.03 Å². The van der Waals surface area contributed by atoms with Crippen LogP contribution in [-0.4, -0.2) is 57.5 Å². The molecule has 0 aliphatic heterocycles. The van der Waals surface area contributed by atoms with Gasteiger partial charge in [-0.15, -0.1) is 4.52 Å². The van der Waals surface area contributed by atoms with Gasteiger partial charge in [0, 0.05) is 6.08 Å². The largest absolute Gasteiger partial charge is 0.508 e. The van der Waals surface area contributed by atoms with Gasteiger partial charge in [-0.1, -0.05) is 38.2 Å². The average molecular weight is 375 g/mol. The minimum absolute atomic E-state index is 0.248. The molecule has 0 aliphatic rings. The molecule has 0 aromatic carbocycles. The summed E-state index contributed by atoms with van der Waals surface area (Å²) in [5.41, 5.74) is 0. The number of nitrogens with zero attached hydrogens (tertiary/aromatic N) is 1. The second-order valence-corrected chi connectivity index (χ2v) is 8.77. The number of esters is 1. The number of carbonyl (C=O) groups excluding carboxylic acids is 1. The maximum atomic E-state index is 11.7. The number of quaternary nitrogens is 1. The summed E-state index contributed by atoms with van der Waals surface area (Å²) >= 11 is 0. The van der Waals surface area contributed by atoms with E-state index in [2.05, 4.69) is 21.1 Å². The Bertz CT molecular complexity index is 391. The Morgan fingerprint density at radius 3 is 2.04 bits per heavy atom. The van der Waals surface area contributed by atoms with Crippen molar-refractivity contribution in [3.05, 3.63) is 12.2 Å². The van der Waals surface area contributed by atoms with Crippen molar-refractivity contribution < 1.29 is 23.1 Å². The molecule has 25 heavy (non-hydrogen) atoms. The number of unbranched alkanes of at least 4 members (excludes halogenated alkanes) is 7. The lowest BCUT2D eigenvalue weighted by atomic mass is 10.1. The molecule has 0 amide bonds. The van der Waals surface area contributed by atoms with Gasteiger partial charge in [0.05, 0.1) is 27.7 Å². The first kappa shape index (κ1) is 24.2. The fourth-order valence-corrected chi connectivity index (χ4v) is 3.14. The lowest BCUT2D eigenvalue weighted by molar-refractivity contribution is -0.870. The van der Waals surface area contributed by atoms with Gasteiger partial charge in [0.2, 0.25) is 0 Å². The van der Waals surface area contributed by atoms with Gasteiger partial charge in [0.25, 0.3) is 0 Å². The first-order valence-corrected chi connectivity index (χ1v) is 10.9. The predicted molar refractivity (Wildman–Crippen MR) is 104 cm³/mol. The van der Waals surface area contributed by atoms with Crippen molar-refractivity contribution in [2.75, 3.05) is 47.1 Å². The number of hydrogen-bond acceptors (Lipinski definition) is 4. The van der Waals surface area contributed by atoms with Crippen LogP contribution in [-0.2, 0) is 18.6 Å². The summed E-state index contributed by atoms with van der Waals surface area (Å²) in [6.45, 7) is 3.78. The third-order valence-corrected chi connectivity index (χ3v) is 4.93. The fraction of sp³-hybridized carbons (Fsp3) is 0.842. The van der Waals surface area contributed by atoms with E-state index in [9.17, 15) is 9.36 Å². The van der Waals surface area contributed by atoms with Gasteiger partial charge in [0.15, 0.2) is 12.8 Å². The topological polar surface area (TPSA) is 52.6 Å². The van der Waals surface area contributed by atoms with Crippen LogP contribution < -0.4 is 0 Å². The minimum atomic E-state index is -1.48. The summed E-state index contributed by atoms with van der Waals surface area (Å²) < 4.78 is 23.0. The van der Waals surface area contributed by atoms with Crippen LogP contribution in [0.5, 0.6) is 0 Å². The van der Waals surface area contributed by atoms with Crippen LogP contribution in [0.1, 0.15) is 58.3 Å². The molecule has 0 saturated carbocycles. The van der Waals surface area contributed by atoms with Gasteiger partial charge in [-0.3, -0.25) is 0 Å². The Morgan fingerprint density at radius 1 is 0.920 bits per heavy atom. The monoisotopic (exact) mass is 375 g/mol. The smallest absolute Gasteiger partial charge is 0.463 e. The van der Waals surface area contributed by atoms with E-state index in [0.29, 0.717) is 19.4 Å². The Balaban J connectivity index is 3.28. The Labute approximate surface area is 155 Å². The standard InChI is InChI=1S/C19H38NO4P/c1-5-14-19(21)23-16-12-10-8-6-7-9-11-13-18-25(22)24-17-15-20(2,3)4/h5,14H,6-13,15-18H2,1-4H3/q+2. The third kappa shape index (κ3) is 19.4. The highest BCUT2D eigenvalue weighted by atomic mass is 31.1. The first-order chi connectivity index (χ1) is 11.8. The summed E-state index contributed by atoms with van der Waals surface area (Å²) in [5.74, 6) is -0.248. The van der Waals surface area contributed by atoms with E-state index in [4.69, 9.17) is 9.26 Å². The predicted octanol–water partition coefficient (Wildman–Crippen LogP) is 4.69. The van der Waals surface area contributed by atoms with Crippen LogP contribution in [0.4, 0.5) is 0 Å². The lowest BCUT2D eigenvalue weighted by Crippen LogP contribution is -2.37. The van der Waals surface area contributed by atoms with E-state index >= 15 is 0 Å². The van der Waals surface area contributed by atoms with Crippen LogP contribution >= 0.6 is 8.03 Å². The van der Waals surface area contributed by atoms with Crippen LogP contribution in [0.15, 0.2) is 12.2 Å². The zero-order valence-corrected chi connectivity index (χ0v) is 17.6. The second kappa shape index (κ2) is 15.5. The molecule has 0 radical (unpaired) electrons. The Morgan fingerprint density at radius 2 is 1.48 bits per heavy atom. The Hall–Kier alpha value is -0.770. The molecule has 5 nitrogen and oxygen atoms in total. The van der Waals surface area contributed by atoms with Gasteiger partial charge in [-0.05, 0) is 30.8 Å². The maximum Gasteiger partial charge on any atom is 0.508 e. The number of allylic oxidation sites excluding steroid dienone is 1. The van der Waals surface area contributed by atoms with Gasteiger partial charge < -0.3 is 9.22 Å². The summed E-state index contributed by atoms with van der Waals surface area (Å²) in [4.78, 5) is 11.1.